The second-order valence-corrected chi connectivity index (χ2v) is 10.2. The summed E-state index contributed by atoms with van der Waals surface area (Å²) < 4.78 is 6.31. The van der Waals surface area contributed by atoms with Crippen molar-refractivity contribution in [1.82, 2.24) is 19.8 Å². The fraction of sp³-hybridized carbons (Fsp3) is 0.517. The van der Waals surface area contributed by atoms with Crippen LogP contribution in [0.5, 0.6) is 5.88 Å². The maximum atomic E-state index is 13.6. The highest BCUT2D eigenvalue weighted by molar-refractivity contribution is 5.97. The number of ether oxygens (including phenoxy) is 1. The molecule has 0 unspecified atom stereocenters. The van der Waals surface area contributed by atoms with Crippen LogP contribution in [0.1, 0.15) is 61.1 Å². The van der Waals surface area contributed by atoms with Crippen LogP contribution >= 0.6 is 0 Å². The van der Waals surface area contributed by atoms with Gasteiger partial charge in [0, 0.05) is 49.1 Å². The molecule has 0 spiro atoms. The summed E-state index contributed by atoms with van der Waals surface area (Å²) in [6.45, 7) is 4.36. The summed E-state index contributed by atoms with van der Waals surface area (Å²) in [7, 11) is 1.75. The van der Waals surface area contributed by atoms with E-state index in [2.05, 4.69) is 21.8 Å². The Hall–Kier alpha value is -3.44. The number of rotatable bonds is 6. The molecule has 3 atom stereocenters. The van der Waals surface area contributed by atoms with Crippen molar-refractivity contribution in [3.05, 3.63) is 53.5 Å². The largest absolute Gasteiger partial charge is 0.472 e. The molecule has 8 heteroatoms. The molecule has 1 N–H and O–H groups in total. The van der Waals surface area contributed by atoms with Gasteiger partial charge in [-0.05, 0) is 38.0 Å². The zero-order valence-corrected chi connectivity index (χ0v) is 21.9. The number of aliphatic hydroxyl groups is 1. The van der Waals surface area contributed by atoms with E-state index < -0.39 is 6.10 Å². The Labute approximate surface area is 219 Å². The summed E-state index contributed by atoms with van der Waals surface area (Å²) in [5.74, 6) is 6.72. The van der Waals surface area contributed by atoms with E-state index >= 15 is 0 Å². The van der Waals surface area contributed by atoms with Crippen molar-refractivity contribution in [2.24, 2.45) is 11.8 Å². The van der Waals surface area contributed by atoms with Crippen LogP contribution < -0.4 is 4.74 Å². The van der Waals surface area contributed by atoms with E-state index in [1.807, 2.05) is 32.0 Å². The van der Waals surface area contributed by atoms with Gasteiger partial charge in [0.05, 0.1) is 25.6 Å². The van der Waals surface area contributed by atoms with Crippen molar-refractivity contribution >= 4 is 11.8 Å². The molecule has 37 heavy (non-hydrogen) atoms. The molecule has 2 aromatic rings. The summed E-state index contributed by atoms with van der Waals surface area (Å²) in [4.78, 5) is 38.5. The quantitative estimate of drug-likeness (QED) is 0.608. The monoisotopic (exact) mass is 504 g/mol. The Kier molecular flexibility index (Phi) is 8.78. The van der Waals surface area contributed by atoms with Crippen LogP contribution in [0.4, 0.5) is 0 Å². The first-order chi connectivity index (χ1) is 17.9. The summed E-state index contributed by atoms with van der Waals surface area (Å²) in [6, 6.07) is 6.87. The van der Waals surface area contributed by atoms with Gasteiger partial charge in [0.15, 0.2) is 0 Å². The summed E-state index contributed by atoms with van der Waals surface area (Å²) >= 11 is 0. The lowest BCUT2D eigenvalue weighted by Gasteiger charge is -2.37. The standard InChI is InChI=1S/C29H36N4O4/c1-20-17-33(21(2)19-34)29(36)25-14-23(12-11-22-8-4-5-9-22)16-31-28(25)37-26(20)18-32(3)27(35)15-24-10-6-7-13-30-24/h6-7,10,13-14,16,20-22,26,34H,4-5,8-9,15,17-19H2,1-3H3/t20-,21+,26-/m1/s1. The van der Waals surface area contributed by atoms with Crippen LogP contribution in [0.15, 0.2) is 36.7 Å². The third kappa shape index (κ3) is 6.66. The number of carbonyl (C=O) groups excluding carboxylic acids is 2. The number of amides is 2. The molecule has 196 valence electrons. The highest BCUT2D eigenvalue weighted by Crippen LogP contribution is 2.28. The zero-order valence-electron chi connectivity index (χ0n) is 21.9. The molecule has 1 aliphatic heterocycles. The van der Waals surface area contributed by atoms with E-state index in [-0.39, 0.29) is 42.7 Å². The number of aromatic nitrogens is 2. The number of likely N-dealkylation sites (N-methyl/N-ethyl adjacent to an activating group) is 1. The Morgan fingerprint density at radius 3 is 2.78 bits per heavy atom. The maximum absolute atomic E-state index is 13.6. The van der Waals surface area contributed by atoms with Crippen molar-refractivity contribution < 1.29 is 19.4 Å². The predicted molar refractivity (Wildman–Crippen MR) is 140 cm³/mol. The van der Waals surface area contributed by atoms with Crippen molar-refractivity contribution in [3.63, 3.8) is 0 Å². The lowest BCUT2D eigenvalue weighted by molar-refractivity contribution is -0.130. The van der Waals surface area contributed by atoms with Gasteiger partial charge in [-0.15, -0.1) is 0 Å². The molecule has 0 aromatic carbocycles. The van der Waals surface area contributed by atoms with Crippen LogP contribution in [-0.4, -0.2) is 75.6 Å². The average molecular weight is 505 g/mol. The van der Waals surface area contributed by atoms with Crippen molar-refractivity contribution in [1.29, 1.82) is 0 Å². The fourth-order valence-corrected chi connectivity index (χ4v) is 4.81. The van der Waals surface area contributed by atoms with Gasteiger partial charge < -0.3 is 19.6 Å². The molecule has 2 aromatic heterocycles. The van der Waals surface area contributed by atoms with Gasteiger partial charge in [-0.2, -0.15) is 0 Å². The third-order valence-electron chi connectivity index (χ3n) is 7.23. The number of pyridine rings is 2. The molecule has 1 saturated carbocycles. The van der Waals surface area contributed by atoms with E-state index in [0.717, 1.165) is 12.8 Å². The van der Waals surface area contributed by atoms with E-state index in [4.69, 9.17) is 4.74 Å². The molecular weight excluding hydrogens is 468 g/mol. The highest BCUT2D eigenvalue weighted by Gasteiger charge is 2.34. The minimum Gasteiger partial charge on any atom is -0.472 e. The second-order valence-electron chi connectivity index (χ2n) is 10.2. The molecule has 1 aliphatic carbocycles. The van der Waals surface area contributed by atoms with Gasteiger partial charge in [0.2, 0.25) is 11.8 Å². The number of fused-ring (bicyclic) bond motifs is 1. The predicted octanol–water partition coefficient (Wildman–Crippen LogP) is 2.94. The minimum atomic E-state index is -0.402. The summed E-state index contributed by atoms with van der Waals surface area (Å²) in [5, 5.41) is 9.86. The molecule has 4 rings (SSSR count). The van der Waals surface area contributed by atoms with Gasteiger partial charge in [-0.25, -0.2) is 4.98 Å². The SMILES string of the molecule is C[C@@H]1CN([C@@H](C)CO)C(=O)c2cc(C#CC3CCCC3)cnc2O[C@@H]1CN(C)C(=O)Cc1ccccn1. The van der Waals surface area contributed by atoms with Gasteiger partial charge in [-0.1, -0.05) is 37.7 Å². The summed E-state index contributed by atoms with van der Waals surface area (Å²) in [5.41, 5.74) is 1.71. The zero-order chi connectivity index (χ0) is 26.4. The molecule has 0 bridgehead atoms. The molecule has 3 heterocycles. The first-order valence-electron chi connectivity index (χ1n) is 13.1. The topological polar surface area (TPSA) is 95.9 Å². The number of carbonyl (C=O) groups is 2. The van der Waals surface area contributed by atoms with E-state index in [1.54, 1.807) is 35.3 Å². The van der Waals surface area contributed by atoms with E-state index in [0.29, 0.717) is 35.8 Å². The first kappa shape index (κ1) is 26.6. The molecule has 2 aliphatic rings. The Balaban J connectivity index is 1.58. The lowest BCUT2D eigenvalue weighted by Crippen LogP contribution is -2.50. The van der Waals surface area contributed by atoms with Crippen LogP contribution in [-0.2, 0) is 11.2 Å². The van der Waals surface area contributed by atoms with Gasteiger partial charge in [-0.3, -0.25) is 14.6 Å². The van der Waals surface area contributed by atoms with Crippen LogP contribution in [0.3, 0.4) is 0 Å². The molecule has 1 fully saturated rings. The number of hydrogen-bond acceptors (Lipinski definition) is 6. The highest BCUT2D eigenvalue weighted by atomic mass is 16.5. The van der Waals surface area contributed by atoms with E-state index in [9.17, 15) is 14.7 Å². The second kappa shape index (κ2) is 12.2. The van der Waals surface area contributed by atoms with Crippen molar-refractivity contribution in [2.45, 2.75) is 58.1 Å². The van der Waals surface area contributed by atoms with Crippen molar-refractivity contribution in [3.8, 4) is 17.7 Å². The molecule has 0 radical (unpaired) electrons. The van der Waals surface area contributed by atoms with Crippen molar-refractivity contribution in [2.75, 3.05) is 26.7 Å². The first-order valence-corrected chi connectivity index (χ1v) is 13.1. The Morgan fingerprint density at radius 2 is 2.08 bits per heavy atom. The van der Waals surface area contributed by atoms with Crippen LogP contribution in [0, 0.1) is 23.7 Å². The van der Waals surface area contributed by atoms with Gasteiger partial charge in [0.1, 0.15) is 11.7 Å². The normalized spacial score (nSPS) is 20.6. The Morgan fingerprint density at radius 1 is 1.30 bits per heavy atom. The van der Waals surface area contributed by atoms with Crippen LogP contribution in [0.25, 0.3) is 0 Å². The fourth-order valence-electron chi connectivity index (χ4n) is 4.81. The number of aliphatic hydroxyl groups excluding tert-OH is 1. The minimum absolute atomic E-state index is 0.0704. The van der Waals surface area contributed by atoms with Crippen LogP contribution in [0.2, 0.25) is 0 Å². The Bertz CT molecular complexity index is 1150. The lowest BCUT2D eigenvalue weighted by atomic mass is 9.99. The molecule has 2 amide bonds. The molecule has 8 nitrogen and oxygen atoms in total. The summed E-state index contributed by atoms with van der Waals surface area (Å²) in [6.07, 6.45) is 7.76. The van der Waals surface area contributed by atoms with Gasteiger partial charge in [0.25, 0.3) is 5.91 Å². The third-order valence-corrected chi connectivity index (χ3v) is 7.23. The number of nitrogens with zero attached hydrogens (tertiary/aromatic N) is 4. The molecular formula is C29H36N4O4. The number of hydrogen-bond donors (Lipinski definition) is 1. The maximum Gasteiger partial charge on any atom is 0.259 e. The van der Waals surface area contributed by atoms with E-state index in [1.165, 1.54) is 12.8 Å². The molecule has 0 saturated heterocycles. The average Bonchev–Trinajstić information content (AvgIpc) is 3.43. The smallest absolute Gasteiger partial charge is 0.259 e. The van der Waals surface area contributed by atoms with Gasteiger partial charge >= 0.3 is 0 Å².